The maximum atomic E-state index is 12.3. The maximum absolute atomic E-state index is 12.3. The standard InChI is InChI=1S/C16H19N3O3S/c1-12-4-5-14(22-12)15(20)18-6-8-19(9-7-18)16(21)17-11-13-3-2-10-23-13/h2-5,10H,6-9,11H2,1H3,(H,17,21). The number of nitrogens with one attached hydrogen (secondary N) is 1. The number of thiophene rings is 1. The highest BCUT2D eigenvalue weighted by Gasteiger charge is 2.26. The summed E-state index contributed by atoms with van der Waals surface area (Å²) in [5, 5.41) is 4.90. The van der Waals surface area contributed by atoms with Crippen LogP contribution in [0.5, 0.6) is 0 Å². The lowest BCUT2D eigenvalue weighted by Gasteiger charge is -2.34. The van der Waals surface area contributed by atoms with Gasteiger partial charge in [0.1, 0.15) is 5.76 Å². The van der Waals surface area contributed by atoms with E-state index < -0.39 is 0 Å². The molecule has 23 heavy (non-hydrogen) atoms. The summed E-state index contributed by atoms with van der Waals surface area (Å²) in [4.78, 5) is 29.0. The van der Waals surface area contributed by atoms with Crippen molar-refractivity contribution in [1.82, 2.24) is 15.1 Å². The lowest BCUT2D eigenvalue weighted by atomic mass is 10.3. The molecule has 1 fully saturated rings. The lowest BCUT2D eigenvalue weighted by Crippen LogP contribution is -2.53. The van der Waals surface area contributed by atoms with E-state index in [1.54, 1.807) is 33.3 Å². The molecule has 1 aliphatic rings. The van der Waals surface area contributed by atoms with Crippen molar-refractivity contribution < 1.29 is 14.0 Å². The molecular weight excluding hydrogens is 314 g/mol. The molecule has 0 aromatic carbocycles. The molecule has 0 bridgehead atoms. The number of furan rings is 1. The highest BCUT2D eigenvalue weighted by Crippen LogP contribution is 2.12. The van der Waals surface area contributed by atoms with E-state index in [0.29, 0.717) is 38.5 Å². The van der Waals surface area contributed by atoms with Crippen LogP contribution in [0.25, 0.3) is 0 Å². The normalized spacial score (nSPS) is 14.8. The average molecular weight is 333 g/mol. The molecule has 3 rings (SSSR count). The van der Waals surface area contributed by atoms with Crippen LogP contribution in [0.4, 0.5) is 4.79 Å². The van der Waals surface area contributed by atoms with E-state index in [-0.39, 0.29) is 11.9 Å². The number of carbonyl (C=O) groups excluding carboxylic acids is 2. The van der Waals surface area contributed by atoms with E-state index in [2.05, 4.69) is 5.32 Å². The van der Waals surface area contributed by atoms with Gasteiger partial charge in [-0.15, -0.1) is 11.3 Å². The first-order chi connectivity index (χ1) is 11.1. The second-order valence-corrected chi connectivity index (χ2v) is 6.46. The Morgan fingerprint density at radius 1 is 1.17 bits per heavy atom. The Bertz CT molecular complexity index is 673. The van der Waals surface area contributed by atoms with Crippen molar-refractivity contribution in [3.8, 4) is 0 Å². The Morgan fingerprint density at radius 3 is 2.52 bits per heavy atom. The molecule has 2 aromatic heterocycles. The smallest absolute Gasteiger partial charge is 0.317 e. The third kappa shape index (κ3) is 3.73. The van der Waals surface area contributed by atoms with Crippen LogP contribution in [0.15, 0.2) is 34.1 Å². The summed E-state index contributed by atoms with van der Waals surface area (Å²) in [7, 11) is 0. The van der Waals surface area contributed by atoms with E-state index >= 15 is 0 Å². The predicted octanol–water partition coefficient (Wildman–Crippen LogP) is 2.32. The van der Waals surface area contributed by atoms with Crippen LogP contribution in [0.3, 0.4) is 0 Å². The number of urea groups is 1. The van der Waals surface area contributed by atoms with Crippen molar-refractivity contribution in [2.75, 3.05) is 26.2 Å². The fourth-order valence-corrected chi connectivity index (χ4v) is 3.15. The van der Waals surface area contributed by atoms with Gasteiger partial charge in [0, 0.05) is 31.1 Å². The Balaban J connectivity index is 1.48. The molecule has 2 aromatic rings. The third-order valence-electron chi connectivity index (χ3n) is 3.80. The fourth-order valence-electron chi connectivity index (χ4n) is 2.51. The number of nitrogens with zero attached hydrogens (tertiary/aromatic N) is 2. The van der Waals surface area contributed by atoms with Crippen molar-refractivity contribution in [2.24, 2.45) is 0 Å². The van der Waals surface area contributed by atoms with Crippen LogP contribution < -0.4 is 5.32 Å². The van der Waals surface area contributed by atoms with Crippen molar-refractivity contribution >= 4 is 23.3 Å². The number of hydrogen-bond donors (Lipinski definition) is 1. The second-order valence-electron chi connectivity index (χ2n) is 5.43. The molecule has 3 amide bonds. The molecule has 1 N–H and O–H groups in total. The van der Waals surface area contributed by atoms with Gasteiger partial charge in [0.2, 0.25) is 0 Å². The molecular formula is C16H19N3O3S. The van der Waals surface area contributed by atoms with E-state index in [1.807, 2.05) is 24.4 Å². The van der Waals surface area contributed by atoms with Crippen LogP contribution >= 0.6 is 11.3 Å². The minimum atomic E-state index is -0.114. The molecule has 7 heteroatoms. The zero-order chi connectivity index (χ0) is 16.2. The Kier molecular flexibility index (Phi) is 4.66. The number of piperazine rings is 1. The van der Waals surface area contributed by atoms with Gasteiger partial charge in [0.05, 0.1) is 6.54 Å². The molecule has 1 aliphatic heterocycles. The highest BCUT2D eigenvalue weighted by molar-refractivity contribution is 7.09. The predicted molar refractivity (Wildman–Crippen MR) is 87.5 cm³/mol. The number of hydrogen-bond acceptors (Lipinski definition) is 4. The molecule has 0 saturated carbocycles. The third-order valence-corrected chi connectivity index (χ3v) is 4.68. The largest absolute Gasteiger partial charge is 0.456 e. The SMILES string of the molecule is Cc1ccc(C(=O)N2CCN(C(=O)NCc3cccs3)CC2)o1. The van der Waals surface area contributed by atoms with Gasteiger partial charge in [-0.25, -0.2) is 4.79 Å². The monoisotopic (exact) mass is 333 g/mol. The van der Waals surface area contributed by atoms with Crippen molar-refractivity contribution in [1.29, 1.82) is 0 Å². The number of rotatable bonds is 3. The van der Waals surface area contributed by atoms with Gasteiger partial charge in [-0.3, -0.25) is 4.79 Å². The Labute approximate surface area is 138 Å². The summed E-state index contributed by atoms with van der Waals surface area (Å²) in [5.74, 6) is 0.967. The topological polar surface area (TPSA) is 65.8 Å². The fraction of sp³-hybridized carbons (Fsp3) is 0.375. The summed E-state index contributed by atoms with van der Waals surface area (Å²) < 4.78 is 5.37. The van der Waals surface area contributed by atoms with Crippen molar-refractivity contribution in [2.45, 2.75) is 13.5 Å². The van der Waals surface area contributed by atoms with Crippen LogP contribution in [0.1, 0.15) is 21.2 Å². The molecule has 1 saturated heterocycles. The van der Waals surface area contributed by atoms with Crippen LogP contribution in [0, 0.1) is 6.92 Å². The van der Waals surface area contributed by atoms with Crippen LogP contribution in [-0.4, -0.2) is 47.9 Å². The van der Waals surface area contributed by atoms with Gasteiger partial charge in [-0.1, -0.05) is 6.07 Å². The van der Waals surface area contributed by atoms with Gasteiger partial charge >= 0.3 is 6.03 Å². The molecule has 6 nitrogen and oxygen atoms in total. The van der Waals surface area contributed by atoms with Gasteiger partial charge in [0.15, 0.2) is 5.76 Å². The first-order valence-electron chi connectivity index (χ1n) is 7.54. The molecule has 122 valence electrons. The molecule has 0 radical (unpaired) electrons. The van der Waals surface area contributed by atoms with Gasteiger partial charge in [0.25, 0.3) is 5.91 Å². The zero-order valence-electron chi connectivity index (χ0n) is 12.9. The average Bonchev–Trinajstić information content (AvgIpc) is 3.23. The molecule has 0 aliphatic carbocycles. The summed E-state index contributed by atoms with van der Waals surface area (Å²) >= 11 is 1.62. The molecule has 0 unspecified atom stereocenters. The molecule has 0 spiro atoms. The number of amides is 3. The quantitative estimate of drug-likeness (QED) is 0.937. The van der Waals surface area contributed by atoms with Gasteiger partial charge in [-0.2, -0.15) is 0 Å². The van der Waals surface area contributed by atoms with Crippen LogP contribution in [-0.2, 0) is 6.54 Å². The molecule has 3 heterocycles. The maximum Gasteiger partial charge on any atom is 0.317 e. The summed E-state index contributed by atoms with van der Waals surface area (Å²) in [6.07, 6.45) is 0. The summed E-state index contributed by atoms with van der Waals surface area (Å²) in [6.45, 7) is 4.45. The number of carbonyl (C=O) groups is 2. The second kappa shape index (κ2) is 6.87. The lowest BCUT2D eigenvalue weighted by molar-refractivity contribution is 0.0633. The van der Waals surface area contributed by atoms with Crippen LogP contribution in [0.2, 0.25) is 0 Å². The first-order valence-corrected chi connectivity index (χ1v) is 8.42. The summed E-state index contributed by atoms with van der Waals surface area (Å²) in [6, 6.07) is 7.35. The minimum absolute atomic E-state index is 0.0839. The zero-order valence-corrected chi connectivity index (χ0v) is 13.8. The minimum Gasteiger partial charge on any atom is -0.456 e. The van der Waals surface area contributed by atoms with E-state index in [4.69, 9.17) is 4.42 Å². The highest BCUT2D eigenvalue weighted by atomic mass is 32.1. The van der Waals surface area contributed by atoms with E-state index in [1.165, 1.54) is 0 Å². The Morgan fingerprint density at radius 2 is 1.91 bits per heavy atom. The van der Waals surface area contributed by atoms with E-state index in [9.17, 15) is 9.59 Å². The summed E-state index contributed by atoms with van der Waals surface area (Å²) in [5.41, 5.74) is 0. The first kappa shape index (κ1) is 15.6. The van der Waals surface area contributed by atoms with Gasteiger partial charge < -0.3 is 19.5 Å². The van der Waals surface area contributed by atoms with Crippen molar-refractivity contribution in [3.05, 3.63) is 46.0 Å². The molecule has 0 atom stereocenters. The van der Waals surface area contributed by atoms with Crippen molar-refractivity contribution in [3.63, 3.8) is 0 Å². The van der Waals surface area contributed by atoms with Gasteiger partial charge in [-0.05, 0) is 30.5 Å². The van der Waals surface area contributed by atoms with E-state index in [0.717, 1.165) is 10.6 Å². The number of aryl methyl sites for hydroxylation is 1. The Hall–Kier alpha value is -2.28.